The molecule has 0 unspecified atom stereocenters. The molecule has 3 rings (SSSR count). The zero-order valence-electron chi connectivity index (χ0n) is 21.1. The van der Waals surface area contributed by atoms with Crippen molar-refractivity contribution in [2.24, 2.45) is 0 Å². The molecular formula is C28H28ClF3O4S. The Bertz CT molecular complexity index is 1300. The number of hydrogen-bond donors (Lipinski definition) is 1. The third-order valence-corrected chi connectivity index (χ3v) is 7.37. The standard InChI is InChI=1S/C28H28ClF3O4S/c1-26(2,3)23-17(9-13-20(24(23)29)36-27(4,5)25(34)35)8-12-19(33)22-15-14-21(37-22)16-6-10-18(11-7-16)28(30,31)32/h6-7,9-11,13-15H,8,12H2,1-5H3,(H,34,35). The van der Waals surface area contributed by atoms with Crippen LogP contribution >= 0.6 is 22.9 Å². The van der Waals surface area contributed by atoms with Gasteiger partial charge in [-0.1, -0.05) is 50.6 Å². The van der Waals surface area contributed by atoms with Crippen molar-refractivity contribution in [3.63, 3.8) is 0 Å². The van der Waals surface area contributed by atoms with Crippen LogP contribution in [0.2, 0.25) is 5.02 Å². The van der Waals surface area contributed by atoms with Gasteiger partial charge in [-0.05, 0) is 72.7 Å². The van der Waals surface area contributed by atoms with E-state index < -0.39 is 28.7 Å². The molecule has 0 aliphatic rings. The Morgan fingerprint density at radius 1 is 0.946 bits per heavy atom. The van der Waals surface area contributed by atoms with Crippen molar-refractivity contribution >= 4 is 34.7 Å². The average molecular weight is 553 g/mol. The van der Waals surface area contributed by atoms with Crippen LogP contribution in [0.5, 0.6) is 5.75 Å². The Morgan fingerprint density at radius 2 is 1.57 bits per heavy atom. The fourth-order valence-electron chi connectivity index (χ4n) is 3.85. The number of carbonyl (C=O) groups excluding carboxylic acids is 1. The molecule has 0 aliphatic heterocycles. The lowest BCUT2D eigenvalue weighted by atomic mass is 9.82. The second kappa shape index (κ2) is 10.5. The quantitative estimate of drug-likeness (QED) is 0.285. The summed E-state index contributed by atoms with van der Waals surface area (Å²) in [6, 6.07) is 11.7. The molecule has 0 amide bonds. The van der Waals surface area contributed by atoms with Crippen molar-refractivity contribution in [1.29, 1.82) is 0 Å². The molecule has 0 radical (unpaired) electrons. The number of aliphatic carboxylic acids is 1. The minimum Gasteiger partial charge on any atom is -0.478 e. The summed E-state index contributed by atoms with van der Waals surface area (Å²) in [6.45, 7) is 8.80. The van der Waals surface area contributed by atoms with Gasteiger partial charge in [0.1, 0.15) is 5.75 Å². The van der Waals surface area contributed by atoms with E-state index in [-0.39, 0.29) is 18.0 Å². The molecule has 0 fully saturated rings. The number of hydrogen-bond acceptors (Lipinski definition) is 4. The van der Waals surface area contributed by atoms with E-state index in [0.717, 1.165) is 23.3 Å². The summed E-state index contributed by atoms with van der Waals surface area (Å²) in [7, 11) is 0. The molecule has 4 nitrogen and oxygen atoms in total. The van der Waals surface area contributed by atoms with Gasteiger partial charge in [0.2, 0.25) is 0 Å². The first-order valence-electron chi connectivity index (χ1n) is 11.6. The maximum atomic E-state index is 13.0. The van der Waals surface area contributed by atoms with E-state index in [9.17, 15) is 27.9 Å². The van der Waals surface area contributed by atoms with Crippen molar-refractivity contribution in [3.05, 3.63) is 75.1 Å². The number of carbonyl (C=O) groups is 2. The van der Waals surface area contributed by atoms with E-state index in [1.165, 1.54) is 37.3 Å². The fraction of sp³-hybridized carbons (Fsp3) is 0.357. The van der Waals surface area contributed by atoms with E-state index in [2.05, 4.69) is 0 Å². The lowest BCUT2D eigenvalue weighted by molar-refractivity contribution is -0.152. The molecule has 0 saturated heterocycles. The second-order valence-corrected chi connectivity index (χ2v) is 11.7. The van der Waals surface area contributed by atoms with E-state index in [1.807, 2.05) is 20.8 Å². The Hall–Kier alpha value is -2.84. The number of alkyl halides is 3. The van der Waals surface area contributed by atoms with Crippen LogP contribution in [0.25, 0.3) is 10.4 Å². The Balaban J connectivity index is 1.79. The number of carboxylic acids is 1. The Labute approximate surface area is 223 Å². The molecule has 0 saturated carbocycles. The first-order chi connectivity index (χ1) is 17.0. The predicted octanol–water partition coefficient (Wildman–Crippen LogP) is 8.44. The summed E-state index contributed by atoms with van der Waals surface area (Å²) >= 11 is 7.92. The number of ketones is 1. The number of Topliss-reactive ketones (excluding diaryl/α,β-unsaturated/α-hetero) is 1. The summed E-state index contributed by atoms with van der Waals surface area (Å²) in [6.07, 6.45) is -3.80. The maximum Gasteiger partial charge on any atom is 0.416 e. The van der Waals surface area contributed by atoms with Crippen LogP contribution in [0.1, 0.15) is 67.4 Å². The molecule has 37 heavy (non-hydrogen) atoms. The number of rotatable bonds is 8. The number of aryl methyl sites for hydroxylation is 1. The number of ether oxygens (including phenoxy) is 1. The van der Waals surface area contributed by atoms with Gasteiger partial charge >= 0.3 is 12.1 Å². The van der Waals surface area contributed by atoms with E-state index in [4.69, 9.17) is 16.3 Å². The number of thiophene rings is 1. The molecule has 9 heteroatoms. The Morgan fingerprint density at radius 3 is 2.11 bits per heavy atom. The summed E-state index contributed by atoms with van der Waals surface area (Å²) in [4.78, 5) is 25.7. The fourth-order valence-corrected chi connectivity index (χ4v) is 5.34. The minimum atomic E-state index is -4.40. The molecule has 0 atom stereocenters. The largest absolute Gasteiger partial charge is 0.478 e. The predicted molar refractivity (Wildman–Crippen MR) is 140 cm³/mol. The smallest absolute Gasteiger partial charge is 0.416 e. The van der Waals surface area contributed by atoms with Crippen molar-refractivity contribution in [2.45, 2.75) is 64.7 Å². The normalized spacial score (nSPS) is 12.5. The van der Waals surface area contributed by atoms with Gasteiger partial charge in [0, 0.05) is 11.3 Å². The zero-order valence-corrected chi connectivity index (χ0v) is 22.7. The van der Waals surface area contributed by atoms with Crippen molar-refractivity contribution in [1.82, 2.24) is 0 Å². The van der Waals surface area contributed by atoms with Gasteiger partial charge in [0.05, 0.1) is 15.5 Å². The Kier molecular flexibility index (Phi) is 8.15. The average Bonchev–Trinajstić information content (AvgIpc) is 3.28. The maximum absolute atomic E-state index is 13.0. The number of benzene rings is 2. The molecule has 0 spiro atoms. The van der Waals surface area contributed by atoms with Gasteiger partial charge in [-0.2, -0.15) is 13.2 Å². The van der Waals surface area contributed by atoms with E-state index in [1.54, 1.807) is 24.3 Å². The highest BCUT2D eigenvalue weighted by Gasteiger charge is 2.32. The second-order valence-electron chi connectivity index (χ2n) is 10.2. The van der Waals surface area contributed by atoms with E-state index >= 15 is 0 Å². The molecule has 0 aliphatic carbocycles. The molecule has 1 heterocycles. The third kappa shape index (κ3) is 6.73. The molecule has 2 aromatic carbocycles. The lowest BCUT2D eigenvalue weighted by Gasteiger charge is -2.28. The lowest BCUT2D eigenvalue weighted by Crippen LogP contribution is -2.38. The van der Waals surface area contributed by atoms with Crippen LogP contribution in [0.3, 0.4) is 0 Å². The molecular weight excluding hydrogens is 525 g/mol. The van der Waals surface area contributed by atoms with Gasteiger partial charge < -0.3 is 9.84 Å². The van der Waals surface area contributed by atoms with Crippen molar-refractivity contribution in [2.75, 3.05) is 0 Å². The highest BCUT2D eigenvalue weighted by Crippen LogP contribution is 2.40. The van der Waals surface area contributed by atoms with Gasteiger partial charge in [0.25, 0.3) is 0 Å². The molecule has 1 aromatic heterocycles. The first-order valence-corrected chi connectivity index (χ1v) is 12.7. The van der Waals surface area contributed by atoms with Crippen LogP contribution in [-0.4, -0.2) is 22.5 Å². The minimum absolute atomic E-state index is 0.0912. The zero-order chi connectivity index (χ0) is 27.8. The highest BCUT2D eigenvalue weighted by molar-refractivity contribution is 7.17. The molecule has 198 valence electrons. The summed E-state index contributed by atoms with van der Waals surface area (Å²) in [5.41, 5.74) is -0.358. The topological polar surface area (TPSA) is 63.6 Å². The molecule has 3 aromatic rings. The summed E-state index contributed by atoms with van der Waals surface area (Å²) in [5.74, 6) is -0.956. The molecule has 0 bridgehead atoms. The number of carboxylic acid groups (broad SMARTS) is 1. The summed E-state index contributed by atoms with van der Waals surface area (Å²) < 4.78 is 44.2. The first kappa shape index (κ1) is 28.7. The van der Waals surface area contributed by atoms with Crippen LogP contribution in [0.4, 0.5) is 13.2 Å². The van der Waals surface area contributed by atoms with E-state index in [0.29, 0.717) is 26.8 Å². The summed E-state index contributed by atoms with van der Waals surface area (Å²) in [5, 5.41) is 9.71. The van der Waals surface area contributed by atoms with Gasteiger partial charge in [-0.15, -0.1) is 11.3 Å². The van der Waals surface area contributed by atoms with Crippen LogP contribution in [0.15, 0.2) is 48.5 Å². The van der Waals surface area contributed by atoms with Crippen molar-refractivity contribution in [3.8, 4) is 16.2 Å². The van der Waals surface area contributed by atoms with Crippen molar-refractivity contribution < 1.29 is 32.6 Å². The molecule has 1 N–H and O–H groups in total. The SMILES string of the molecule is CC(C)(Oc1ccc(CCC(=O)c2ccc(-c3ccc(C(F)(F)F)cc3)s2)c(C(C)(C)C)c1Cl)C(=O)O. The van der Waals surface area contributed by atoms with Gasteiger partial charge in [-0.25, -0.2) is 4.79 Å². The van der Waals surface area contributed by atoms with Crippen LogP contribution < -0.4 is 4.74 Å². The number of halogens is 4. The third-order valence-electron chi connectivity index (χ3n) is 5.82. The van der Waals surface area contributed by atoms with Crippen LogP contribution in [-0.2, 0) is 22.8 Å². The van der Waals surface area contributed by atoms with Crippen LogP contribution in [0, 0.1) is 0 Å². The van der Waals surface area contributed by atoms with Gasteiger partial charge in [-0.3, -0.25) is 4.79 Å². The van der Waals surface area contributed by atoms with Gasteiger partial charge in [0.15, 0.2) is 11.4 Å². The highest BCUT2D eigenvalue weighted by atomic mass is 35.5. The monoisotopic (exact) mass is 552 g/mol.